The van der Waals surface area contributed by atoms with Gasteiger partial charge in [0.25, 0.3) is 0 Å². The number of nitrogens with zero attached hydrogens (tertiary/aromatic N) is 1. The summed E-state index contributed by atoms with van der Waals surface area (Å²) in [6.07, 6.45) is -0.641. The van der Waals surface area contributed by atoms with Gasteiger partial charge >= 0.3 is 12.1 Å². The molecule has 0 saturated carbocycles. The molecular weight excluding hydrogens is 316 g/mol. The molecule has 0 spiro atoms. The number of rotatable bonds is 2. The van der Waals surface area contributed by atoms with Crippen molar-refractivity contribution in [3.63, 3.8) is 0 Å². The molecule has 1 aromatic rings. The molecule has 0 aromatic carbocycles. The van der Waals surface area contributed by atoms with Crippen molar-refractivity contribution in [2.75, 3.05) is 12.4 Å². The molecule has 1 aromatic heterocycles. The van der Waals surface area contributed by atoms with Crippen LogP contribution < -0.4 is 5.32 Å². The quantitative estimate of drug-likeness (QED) is 0.843. The number of nitrogens with one attached hydrogen (secondary N) is 1. The van der Waals surface area contributed by atoms with Crippen LogP contribution in [0.2, 0.25) is 0 Å². The number of carbonyl (C=O) groups excluding carboxylic acids is 2. The Balaban J connectivity index is 2.86. The molecule has 7 heteroatoms. The molecule has 0 unspecified atom stereocenters. The maximum Gasteiger partial charge on any atom is 0.413 e. The van der Waals surface area contributed by atoms with Gasteiger partial charge in [-0.1, -0.05) is 0 Å². The summed E-state index contributed by atoms with van der Waals surface area (Å²) in [7, 11) is 1.25. The van der Waals surface area contributed by atoms with Crippen LogP contribution in [-0.2, 0) is 9.47 Å². The number of methoxy groups -OCH3 is 1. The number of halogens is 1. The smallest absolute Gasteiger partial charge is 0.413 e. The molecule has 0 aliphatic carbocycles. The van der Waals surface area contributed by atoms with E-state index in [4.69, 9.17) is 4.74 Å². The Morgan fingerprint density at radius 1 is 1.32 bits per heavy atom. The minimum absolute atomic E-state index is 0.0797. The number of amides is 1. The zero-order valence-electron chi connectivity index (χ0n) is 11.1. The van der Waals surface area contributed by atoms with Crippen molar-refractivity contribution in [1.29, 1.82) is 0 Å². The van der Waals surface area contributed by atoms with Crippen molar-refractivity contribution in [3.8, 4) is 0 Å². The first-order chi connectivity index (χ1) is 8.73. The number of esters is 1. The highest BCUT2D eigenvalue weighted by Gasteiger charge is 2.18. The molecule has 6 nitrogen and oxygen atoms in total. The molecular formula is C12H15BrN2O4. The molecule has 0 saturated heterocycles. The van der Waals surface area contributed by atoms with Gasteiger partial charge in [-0.15, -0.1) is 0 Å². The van der Waals surface area contributed by atoms with Crippen molar-refractivity contribution >= 4 is 33.8 Å². The van der Waals surface area contributed by atoms with Crippen LogP contribution in [0.3, 0.4) is 0 Å². The third-order valence-electron chi connectivity index (χ3n) is 1.85. The van der Waals surface area contributed by atoms with Gasteiger partial charge in [0.15, 0.2) is 5.69 Å². The van der Waals surface area contributed by atoms with Crippen molar-refractivity contribution < 1.29 is 19.1 Å². The highest BCUT2D eigenvalue weighted by atomic mass is 79.9. The molecule has 104 valence electrons. The summed E-state index contributed by atoms with van der Waals surface area (Å²) >= 11 is 3.18. The highest BCUT2D eigenvalue weighted by Crippen LogP contribution is 2.18. The van der Waals surface area contributed by atoms with Gasteiger partial charge in [-0.25, -0.2) is 14.6 Å². The van der Waals surface area contributed by atoms with Crippen LogP contribution in [0, 0.1) is 0 Å². The number of carbonyl (C=O) groups is 2. The van der Waals surface area contributed by atoms with E-state index in [2.05, 4.69) is 31.0 Å². The number of pyridine rings is 1. The molecule has 1 rings (SSSR count). The van der Waals surface area contributed by atoms with Gasteiger partial charge in [-0.3, -0.25) is 5.32 Å². The Hall–Kier alpha value is -1.63. The lowest BCUT2D eigenvalue weighted by molar-refractivity contribution is 0.0588. The number of aromatic nitrogens is 1. The van der Waals surface area contributed by atoms with E-state index in [0.29, 0.717) is 4.47 Å². The molecule has 0 fully saturated rings. The van der Waals surface area contributed by atoms with Gasteiger partial charge in [0, 0.05) is 0 Å². The van der Waals surface area contributed by atoms with E-state index < -0.39 is 17.7 Å². The Morgan fingerprint density at radius 2 is 1.95 bits per heavy atom. The lowest BCUT2D eigenvalue weighted by Gasteiger charge is -2.19. The van der Waals surface area contributed by atoms with E-state index in [1.807, 2.05) is 0 Å². The Kier molecular flexibility index (Phi) is 4.88. The fourth-order valence-electron chi connectivity index (χ4n) is 1.16. The topological polar surface area (TPSA) is 77.5 Å². The van der Waals surface area contributed by atoms with E-state index >= 15 is 0 Å². The molecule has 1 amide bonds. The Morgan fingerprint density at radius 3 is 2.47 bits per heavy atom. The van der Waals surface area contributed by atoms with Crippen LogP contribution in [-0.4, -0.2) is 29.8 Å². The first-order valence-corrected chi connectivity index (χ1v) is 6.27. The molecule has 0 aliphatic heterocycles. The van der Waals surface area contributed by atoms with E-state index in [9.17, 15) is 9.59 Å². The standard InChI is InChI=1S/C12H15BrN2O4/c1-12(2,3)19-11(17)15-8-6-5-7(13)9(14-8)10(16)18-4/h5-6H,1-4H3,(H,14,15,17). The third-order valence-corrected chi connectivity index (χ3v) is 2.49. The first kappa shape index (κ1) is 15.4. The summed E-state index contributed by atoms with van der Waals surface area (Å²) < 4.78 is 10.1. The second-order valence-corrected chi connectivity index (χ2v) is 5.50. The van der Waals surface area contributed by atoms with E-state index in [0.717, 1.165) is 0 Å². The fraction of sp³-hybridized carbons (Fsp3) is 0.417. The van der Waals surface area contributed by atoms with Crippen molar-refractivity contribution in [2.45, 2.75) is 26.4 Å². The highest BCUT2D eigenvalue weighted by molar-refractivity contribution is 9.10. The van der Waals surface area contributed by atoms with Crippen LogP contribution in [0.25, 0.3) is 0 Å². The number of anilines is 1. The monoisotopic (exact) mass is 330 g/mol. The third kappa shape index (κ3) is 4.86. The van der Waals surface area contributed by atoms with Crippen molar-refractivity contribution in [3.05, 3.63) is 22.3 Å². The van der Waals surface area contributed by atoms with E-state index in [1.54, 1.807) is 32.9 Å². The second-order valence-electron chi connectivity index (χ2n) is 4.65. The van der Waals surface area contributed by atoms with Crippen LogP contribution in [0.15, 0.2) is 16.6 Å². The Labute approximate surface area is 119 Å². The normalized spacial score (nSPS) is 10.8. The fourth-order valence-corrected chi connectivity index (χ4v) is 1.54. The summed E-state index contributed by atoms with van der Waals surface area (Å²) in [6, 6.07) is 3.13. The van der Waals surface area contributed by atoms with Crippen molar-refractivity contribution in [2.24, 2.45) is 0 Å². The molecule has 0 bridgehead atoms. The second kappa shape index (κ2) is 6.01. The zero-order chi connectivity index (χ0) is 14.6. The summed E-state index contributed by atoms with van der Waals surface area (Å²) in [4.78, 5) is 27.0. The van der Waals surface area contributed by atoms with Gasteiger partial charge in [0.2, 0.25) is 0 Å². The average Bonchev–Trinajstić information content (AvgIpc) is 2.28. The maximum atomic E-state index is 11.6. The largest absolute Gasteiger partial charge is 0.464 e. The van der Waals surface area contributed by atoms with Crippen LogP contribution in [0.5, 0.6) is 0 Å². The molecule has 19 heavy (non-hydrogen) atoms. The minimum atomic E-state index is -0.641. The lowest BCUT2D eigenvalue weighted by Crippen LogP contribution is -2.27. The van der Waals surface area contributed by atoms with Gasteiger partial charge in [0.1, 0.15) is 11.4 Å². The van der Waals surface area contributed by atoms with Gasteiger partial charge < -0.3 is 9.47 Å². The summed E-state index contributed by atoms with van der Waals surface area (Å²) in [5.41, 5.74) is -0.527. The molecule has 0 radical (unpaired) electrons. The predicted octanol–water partition coefficient (Wildman–Crippen LogP) is 2.98. The lowest BCUT2D eigenvalue weighted by atomic mass is 10.2. The van der Waals surface area contributed by atoms with Crippen LogP contribution in [0.4, 0.5) is 10.6 Å². The number of hydrogen-bond donors (Lipinski definition) is 1. The van der Waals surface area contributed by atoms with Crippen molar-refractivity contribution in [1.82, 2.24) is 4.98 Å². The molecule has 0 aliphatic rings. The maximum absolute atomic E-state index is 11.6. The molecule has 1 N–H and O–H groups in total. The SMILES string of the molecule is COC(=O)c1nc(NC(=O)OC(C)(C)C)ccc1Br. The molecule has 1 heterocycles. The molecule has 0 atom stereocenters. The predicted molar refractivity (Wildman–Crippen MR) is 73.1 cm³/mol. The Bertz CT molecular complexity index is 497. The average molecular weight is 331 g/mol. The van der Waals surface area contributed by atoms with E-state index in [-0.39, 0.29) is 11.5 Å². The van der Waals surface area contributed by atoms with Crippen LogP contribution in [0.1, 0.15) is 31.3 Å². The van der Waals surface area contributed by atoms with Gasteiger partial charge in [-0.05, 0) is 48.8 Å². The zero-order valence-corrected chi connectivity index (χ0v) is 12.7. The first-order valence-electron chi connectivity index (χ1n) is 5.48. The summed E-state index contributed by atoms with van der Waals surface area (Å²) in [5, 5.41) is 2.44. The summed E-state index contributed by atoms with van der Waals surface area (Å²) in [6.45, 7) is 5.25. The number of hydrogen-bond acceptors (Lipinski definition) is 5. The van der Waals surface area contributed by atoms with Gasteiger partial charge in [0.05, 0.1) is 11.6 Å². The minimum Gasteiger partial charge on any atom is -0.464 e. The number of ether oxygens (including phenoxy) is 2. The van der Waals surface area contributed by atoms with E-state index in [1.165, 1.54) is 7.11 Å². The van der Waals surface area contributed by atoms with Crippen LogP contribution >= 0.6 is 15.9 Å². The summed E-state index contributed by atoms with van der Waals surface area (Å²) in [5.74, 6) is -0.391. The van der Waals surface area contributed by atoms with Gasteiger partial charge in [-0.2, -0.15) is 0 Å².